The Kier molecular flexibility index (Phi) is 2.35. The highest BCUT2D eigenvalue weighted by Crippen LogP contribution is 2.62. The molecule has 0 N–H and O–H groups in total. The molecule has 1 heteroatoms. The summed E-state index contributed by atoms with van der Waals surface area (Å²) >= 11 is 0. The average molecular weight is 215 g/mol. The Balaban J connectivity index is 1.83. The summed E-state index contributed by atoms with van der Waals surface area (Å²) in [6.45, 7) is 2.33. The topological polar surface area (TPSA) is 23.8 Å². The maximum absolute atomic E-state index is 8.66. The second-order valence-electron chi connectivity index (χ2n) is 6.56. The summed E-state index contributed by atoms with van der Waals surface area (Å²) in [5, 5.41) is 8.66. The van der Waals surface area contributed by atoms with Crippen molar-refractivity contribution in [3.8, 4) is 6.07 Å². The molecule has 4 aliphatic carbocycles. The van der Waals surface area contributed by atoms with Crippen LogP contribution in [0, 0.1) is 40.4 Å². The Labute approximate surface area is 98.5 Å². The van der Waals surface area contributed by atoms with Gasteiger partial charge in [0.25, 0.3) is 0 Å². The summed E-state index contributed by atoms with van der Waals surface area (Å²) < 4.78 is 0. The fraction of sp³-hybridized carbons (Fsp3) is 0.800. The summed E-state index contributed by atoms with van der Waals surface area (Å²) in [7, 11) is 0. The van der Waals surface area contributed by atoms with E-state index in [1.165, 1.54) is 38.5 Å². The van der Waals surface area contributed by atoms with Crippen molar-refractivity contribution in [1.29, 1.82) is 5.26 Å². The monoisotopic (exact) mass is 215 g/mol. The van der Waals surface area contributed by atoms with Crippen molar-refractivity contribution >= 4 is 0 Å². The van der Waals surface area contributed by atoms with Gasteiger partial charge in [-0.2, -0.15) is 5.26 Å². The van der Waals surface area contributed by atoms with Crippen LogP contribution in [0.1, 0.15) is 45.4 Å². The molecule has 86 valence electrons. The molecule has 0 amide bonds. The zero-order valence-electron chi connectivity index (χ0n) is 10.2. The van der Waals surface area contributed by atoms with Crippen LogP contribution in [0.4, 0.5) is 0 Å². The van der Waals surface area contributed by atoms with Crippen molar-refractivity contribution in [2.75, 3.05) is 0 Å². The van der Waals surface area contributed by atoms with Crippen LogP contribution in [0.25, 0.3) is 0 Å². The molecule has 16 heavy (non-hydrogen) atoms. The lowest BCUT2D eigenvalue weighted by molar-refractivity contribution is -0.0726. The lowest BCUT2D eigenvalue weighted by atomic mass is 9.46. The fourth-order valence-electron chi connectivity index (χ4n) is 5.13. The standard InChI is InChI=1S/C15H21N/c1-11(3-2-4-16)15-8-12-5-13(9-15)7-14(6-12)10-15/h2-3,11-14H,5-10H2,1H3/b3-2+. The fourth-order valence-corrected chi connectivity index (χ4v) is 5.13. The molecule has 0 radical (unpaired) electrons. The summed E-state index contributed by atoms with van der Waals surface area (Å²) in [6, 6.07) is 2.15. The number of nitriles is 1. The number of allylic oxidation sites excluding steroid dienone is 2. The highest BCUT2D eigenvalue weighted by molar-refractivity contribution is 5.11. The van der Waals surface area contributed by atoms with Crippen LogP contribution in [-0.4, -0.2) is 0 Å². The second-order valence-corrected chi connectivity index (χ2v) is 6.56. The van der Waals surface area contributed by atoms with Gasteiger partial charge < -0.3 is 0 Å². The first-order chi connectivity index (χ1) is 7.72. The van der Waals surface area contributed by atoms with Crippen LogP contribution in [0.2, 0.25) is 0 Å². The zero-order valence-corrected chi connectivity index (χ0v) is 10.2. The minimum absolute atomic E-state index is 0.572. The van der Waals surface area contributed by atoms with E-state index >= 15 is 0 Å². The van der Waals surface area contributed by atoms with Crippen molar-refractivity contribution < 1.29 is 0 Å². The SMILES string of the molecule is CC(/C=C/C#N)C12CC3CC(CC(C3)C1)C2. The van der Waals surface area contributed by atoms with Crippen LogP contribution >= 0.6 is 0 Å². The highest BCUT2D eigenvalue weighted by atomic mass is 14.6. The Morgan fingerprint density at radius 2 is 1.62 bits per heavy atom. The molecule has 0 aromatic rings. The maximum Gasteiger partial charge on any atom is 0.0908 e. The van der Waals surface area contributed by atoms with E-state index < -0.39 is 0 Å². The molecule has 4 rings (SSSR count). The minimum atomic E-state index is 0.572. The van der Waals surface area contributed by atoms with Crippen molar-refractivity contribution in [3.05, 3.63) is 12.2 Å². The van der Waals surface area contributed by atoms with E-state index in [9.17, 15) is 0 Å². The molecule has 4 saturated carbocycles. The summed E-state index contributed by atoms with van der Waals surface area (Å²) in [5.74, 6) is 3.66. The molecule has 0 saturated heterocycles. The van der Waals surface area contributed by atoms with E-state index in [-0.39, 0.29) is 0 Å². The van der Waals surface area contributed by atoms with Crippen LogP contribution in [-0.2, 0) is 0 Å². The maximum atomic E-state index is 8.66. The van der Waals surface area contributed by atoms with Gasteiger partial charge in [-0.15, -0.1) is 0 Å². The van der Waals surface area contributed by atoms with E-state index in [0.29, 0.717) is 11.3 Å². The number of nitrogens with zero attached hydrogens (tertiary/aromatic N) is 1. The quantitative estimate of drug-likeness (QED) is 0.640. The molecule has 0 aromatic heterocycles. The number of hydrogen-bond donors (Lipinski definition) is 0. The summed E-state index contributed by atoms with van der Waals surface area (Å²) in [6.07, 6.45) is 12.7. The Hall–Kier alpha value is -0.770. The van der Waals surface area contributed by atoms with Gasteiger partial charge in [-0.1, -0.05) is 13.0 Å². The van der Waals surface area contributed by atoms with E-state index in [1.807, 2.05) is 0 Å². The smallest absolute Gasteiger partial charge is 0.0908 e. The molecule has 0 heterocycles. The molecule has 1 unspecified atom stereocenters. The molecular weight excluding hydrogens is 194 g/mol. The second kappa shape index (κ2) is 3.62. The predicted molar refractivity (Wildman–Crippen MR) is 64.5 cm³/mol. The van der Waals surface area contributed by atoms with Gasteiger partial charge in [-0.3, -0.25) is 0 Å². The van der Waals surface area contributed by atoms with Crippen molar-refractivity contribution in [2.45, 2.75) is 45.4 Å². The first-order valence-electron chi connectivity index (χ1n) is 6.78. The molecule has 4 fully saturated rings. The molecule has 1 nitrogen and oxygen atoms in total. The molecule has 0 aliphatic heterocycles. The van der Waals surface area contributed by atoms with Gasteiger partial charge >= 0.3 is 0 Å². The third-order valence-electron chi connectivity index (χ3n) is 5.51. The van der Waals surface area contributed by atoms with Crippen LogP contribution < -0.4 is 0 Å². The average Bonchev–Trinajstić information content (AvgIpc) is 2.24. The van der Waals surface area contributed by atoms with E-state index in [0.717, 1.165) is 17.8 Å². The minimum Gasteiger partial charge on any atom is -0.193 e. The molecular formula is C15H21N. The third-order valence-corrected chi connectivity index (χ3v) is 5.51. The first-order valence-corrected chi connectivity index (χ1v) is 6.78. The number of hydrogen-bond acceptors (Lipinski definition) is 1. The van der Waals surface area contributed by atoms with Gasteiger partial charge in [0.05, 0.1) is 6.07 Å². The van der Waals surface area contributed by atoms with Crippen molar-refractivity contribution in [1.82, 2.24) is 0 Å². The van der Waals surface area contributed by atoms with Gasteiger partial charge in [-0.05, 0) is 67.6 Å². The van der Waals surface area contributed by atoms with Gasteiger partial charge in [0.2, 0.25) is 0 Å². The van der Waals surface area contributed by atoms with Crippen LogP contribution in [0.5, 0.6) is 0 Å². The first kappa shape index (κ1) is 10.4. The molecule has 4 bridgehead atoms. The molecule has 4 aliphatic rings. The lowest BCUT2D eigenvalue weighted by Crippen LogP contribution is -2.48. The van der Waals surface area contributed by atoms with Crippen LogP contribution in [0.15, 0.2) is 12.2 Å². The molecule has 0 aromatic carbocycles. The van der Waals surface area contributed by atoms with Gasteiger partial charge in [-0.25, -0.2) is 0 Å². The predicted octanol–water partition coefficient (Wildman–Crippen LogP) is 3.92. The van der Waals surface area contributed by atoms with E-state index in [2.05, 4.69) is 19.1 Å². The van der Waals surface area contributed by atoms with Gasteiger partial charge in [0.1, 0.15) is 0 Å². The third kappa shape index (κ3) is 1.51. The lowest BCUT2D eigenvalue weighted by Gasteiger charge is -2.58. The zero-order chi connectivity index (χ0) is 11.2. The normalized spacial score (nSPS) is 47.1. The van der Waals surface area contributed by atoms with E-state index in [1.54, 1.807) is 6.08 Å². The van der Waals surface area contributed by atoms with Crippen LogP contribution in [0.3, 0.4) is 0 Å². The van der Waals surface area contributed by atoms with Crippen molar-refractivity contribution in [2.24, 2.45) is 29.1 Å². The Bertz CT molecular complexity index is 312. The molecule has 0 spiro atoms. The Morgan fingerprint density at radius 3 is 2.06 bits per heavy atom. The van der Waals surface area contributed by atoms with Crippen molar-refractivity contribution in [3.63, 3.8) is 0 Å². The van der Waals surface area contributed by atoms with E-state index in [4.69, 9.17) is 5.26 Å². The summed E-state index contributed by atoms with van der Waals surface area (Å²) in [4.78, 5) is 0. The van der Waals surface area contributed by atoms with Gasteiger partial charge in [0, 0.05) is 6.08 Å². The largest absolute Gasteiger partial charge is 0.193 e. The van der Waals surface area contributed by atoms with Gasteiger partial charge in [0.15, 0.2) is 0 Å². The highest BCUT2D eigenvalue weighted by Gasteiger charge is 2.52. The number of rotatable bonds is 2. The molecule has 1 atom stereocenters. The summed E-state index contributed by atoms with van der Waals surface area (Å²) in [5.41, 5.74) is 0.572. The Morgan fingerprint density at radius 1 is 1.12 bits per heavy atom.